The molecule has 1 amide bonds. The summed E-state index contributed by atoms with van der Waals surface area (Å²) in [5.41, 5.74) is 4.88. The molecule has 2 aromatic carbocycles. The van der Waals surface area contributed by atoms with Crippen molar-refractivity contribution in [1.82, 2.24) is 5.32 Å². The molecular weight excluding hydrogens is 306 g/mol. The number of thioether (sulfide) groups is 1. The Kier molecular flexibility index (Phi) is 6.53. The topological polar surface area (TPSA) is 38.3 Å². The van der Waals surface area contributed by atoms with Crippen molar-refractivity contribution in [3.63, 3.8) is 0 Å². The Morgan fingerprint density at radius 3 is 2.30 bits per heavy atom. The molecule has 0 aliphatic heterocycles. The van der Waals surface area contributed by atoms with Gasteiger partial charge in [0.25, 0.3) is 0 Å². The van der Waals surface area contributed by atoms with Crippen LogP contribution in [0.3, 0.4) is 0 Å². The predicted octanol–water partition coefficient (Wildman–Crippen LogP) is 3.86. The Morgan fingerprint density at radius 1 is 1.04 bits per heavy atom. The Morgan fingerprint density at radius 2 is 1.70 bits per heavy atom. The van der Waals surface area contributed by atoms with Crippen molar-refractivity contribution in [2.24, 2.45) is 0 Å². The minimum absolute atomic E-state index is 0.0650. The molecule has 0 aromatic heterocycles. The molecule has 2 aromatic rings. The molecule has 0 unspecified atom stereocenters. The van der Waals surface area contributed by atoms with Crippen LogP contribution in [0.1, 0.15) is 22.3 Å². The average molecular weight is 329 g/mol. The van der Waals surface area contributed by atoms with E-state index < -0.39 is 0 Å². The zero-order valence-electron chi connectivity index (χ0n) is 13.9. The smallest absolute Gasteiger partial charge is 0.230 e. The molecule has 23 heavy (non-hydrogen) atoms. The normalized spacial score (nSPS) is 10.4. The summed E-state index contributed by atoms with van der Waals surface area (Å²) in [4.78, 5) is 11.9. The third-order valence-corrected chi connectivity index (χ3v) is 4.44. The van der Waals surface area contributed by atoms with Crippen LogP contribution in [-0.4, -0.2) is 18.8 Å². The summed E-state index contributed by atoms with van der Waals surface area (Å²) in [6, 6.07) is 14.2. The highest BCUT2D eigenvalue weighted by atomic mass is 32.2. The first-order valence-electron chi connectivity index (χ1n) is 7.61. The van der Waals surface area contributed by atoms with Gasteiger partial charge in [-0.05, 0) is 37.1 Å². The first-order chi connectivity index (χ1) is 11.1. The molecule has 0 aliphatic carbocycles. The number of amides is 1. The van der Waals surface area contributed by atoms with E-state index in [0.29, 0.717) is 12.3 Å². The van der Waals surface area contributed by atoms with Gasteiger partial charge in [0.1, 0.15) is 5.75 Å². The van der Waals surface area contributed by atoms with Gasteiger partial charge in [-0.25, -0.2) is 0 Å². The lowest BCUT2D eigenvalue weighted by molar-refractivity contribution is -0.118. The number of aryl methyl sites for hydroxylation is 2. The molecule has 0 radical (unpaired) electrons. The number of carbonyl (C=O) groups excluding carboxylic acids is 1. The molecule has 0 spiro atoms. The number of hydrogen-bond donors (Lipinski definition) is 1. The maximum Gasteiger partial charge on any atom is 0.230 e. The van der Waals surface area contributed by atoms with Crippen molar-refractivity contribution in [2.75, 3.05) is 12.9 Å². The fourth-order valence-electron chi connectivity index (χ4n) is 2.41. The van der Waals surface area contributed by atoms with Crippen molar-refractivity contribution >= 4 is 17.7 Å². The van der Waals surface area contributed by atoms with Crippen molar-refractivity contribution < 1.29 is 9.53 Å². The Labute approximate surface area is 142 Å². The number of benzene rings is 2. The van der Waals surface area contributed by atoms with Crippen LogP contribution in [0.2, 0.25) is 0 Å². The summed E-state index contributed by atoms with van der Waals surface area (Å²) in [5, 5.41) is 2.94. The van der Waals surface area contributed by atoms with E-state index in [1.54, 1.807) is 18.9 Å². The molecule has 0 fully saturated rings. The van der Waals surface area contributed by atoms with Gasteiger partial charge >= 0.3 is 0 Å². The third kappa shape index (κ3) is 5.99. The SMILES string of the molecule is COc1ccc(CNC(=O)CSCc2cc(C)cc(C)c2)cc1. The van der Waals surface area contributed by atoms with E-state index in [-0.39, 0.29) is 5.91 Å². The van der Waals surface area contributed by atoms with E-state index in [2.05, 4.69) is 37.4 Å². The van der Waals surface area contributed by atoms with E-state index >= 15 is 0 Å². The lowest BCUT2D eigenvalue weighted by Gasteiger charge is -2.07. The van der Waals surface area contributed by atoms with Gasteiger partial charge in [-0.1, -0.05) is 41.5 Å². The maximum atomic E-state index is 11.9. The molecule has 0 saturated carbocycles. The lowest BCUT2D eigenvalue weighted by Crippen LogP contribution is -2.24. The molecule has 3 nitrogen and oxygen atoms in total. The van der Waals surface area contributed by atoms with Crippen LogP contribution in [-0.2, 0) is 17.1 Å². The van der Waals surface area contributed by atoms with Crippen LogP contribution >= 0.6 is 11.8 Å². The largest absolute Gasteiger partial charge is 0.497 e. The summed E-state index contributed by atoms with van der Waals surface area (Å²) in [5.74, 6) is 2.22. The molecule has 0 aliphatic rings. The average Bonchev–Trinajstić information content (AvgIpc) is 2.52. The quantitative estimate of drug-likeness (QED) is 0.838. The second kappa shape index (κ2) is 8.63. The van der Waals surface area contributed by atoms with Crippen molar-refractivity contribution in [3.8, 4) is 5.75 Å². The minimum atomic E-state index is 0.0650. The summed E-state index contributed by atoms with van der Waals surface area (Å²) >= 11 is 1.64. The predicted molar refractivity (Wildman–Crippen MR) is 96.9 cm³/mol. The zero-order valence-corrected chi connectivity index (χ0v) is 14.7. The van der Waals surface area contributed by atoms with E-state index in [1.807, 2.05) is 24.3 Å². The van der Waals surface area contributed by atoms with Crippen LogP contribution in [0.25, 0.3) is 0 Å². The van der Waals surface area contributed by atoms with Gasteiger partial charge in [-0.15, -0.1) is 11.8 Å². The van der Waals surface area contributed by atoms with E-state index in [0.717, 1.165) is 17.1 Å². The molecule has 122 valence electrons. The van der Waals surface area contributed by atoms with Crippen LogP contribution in [0.4, 0.5) is 0 Å². The van der Waals surface area contributed by atoms with Crippen molar-refractivity contribution in [2.45, 2.75) is 26.1 Å². The highest BCUT2D eigenvalue weighted by Crippen LogP contribution is 2.16. The Balaban J connectivity index is 1.72. The van der Waals surface area contributed by atoms with Gasteiger partial charge < -0.3 is 10.1 Å². The van der Waals surface area contributed by atoms with Gasteiger partial charge in [0, 0.05) is 12.3 Å². The fourth-order valence-corrected chi connectivity index (χ4v) is 3.20. The fraction of sp³-hybridized carbons (Fsp3) is 0.316. The second-order valence-electron chi connectivity index (χ2n) is 5.61. The van der Waals surface area contributed by atoms with Crippen molar-refractivity contribution in [1.29, 1.82) is 0 Å². The minimum Gasteiger partial charge on any atom is -0.497 e. The van der Waals surface area contributed by atoms with Crippen LogP contribution in [0, 0.1) is 13.8 Å². The Bertz CT molecular complexity index is 633. The molecule has 2 rings (SSSR count). The number of ether oxygens (including phenoxy) is 1. The zero-order chi connectivity index (χ0) is 16.7. The molecule has 1 N–H and O–H groups in total. The standard InChI is InChI=1S/C19H23NO2S/c1-14-8-15(2)10-17(9-14)12-23-13-19(21)20-11-16-4-6-18(22-3)7-5-16/h4-10H,11-13H2,1-3H3,(H,20,21). The number of carbonyl (C=O) groups is 1. The summed E-state index contributed by atoms with van der Waals surface area (Å²) in [6.07, 6.45) is 0. The first-order valence-corrected chi connectivity index (χ1v) is 8.77. The van der Waals surface area contributed by atoms with Gasteiger partial charge in [0.2, 0.25) is 5.91 Å². The van der Waals surface area contributed by atoms with E-state index in [1.165, 1.54) is 16.7 Å². The van der Waals surface area contributed by atoms with Crippen LogP contribution < -0.4 is 10.1 Å². The molecule has 0 saturated heterocycles. The summed E-state index contributed by atoms with van der Waals surface area (Å²) < 4.78 is 5.12. The summed E-state index contributed by atoms with van der Waals surface area (Å²) in [6.45, 7) is 4.75. The maximum absolute atomic E-state index is 11.9. The number of nitrogens with one attached hydrogen (secondary N) is 1. The molecule has 0 bridgehead atoms. The van der Waals surface area contributed by atoms with Gasteiger partial charge in [-0.3, -0.25) is 4.79 Å². The van der Waals surface area contributed by atoms with Crippen LogP contribution in [0.15, 0.2) is 42.5 Å². The van der Waals surface area contributed by atoms with Gasteiger partial charge in [0.15, 0.2) is 0 Å². The van der Waals surface area contributed by atoms with E-state index in [4.69, 9.17) is 4.74 Å². The Hall–Kier alpha value is -1.94. The molecule has 4 heteroatoms. The number of rotatable bonds is 7. The second-order valence-corrected chi connectivity index (χ2v) is 6.60. The first kappa shape index (κ1) is 17.4. The molecule has 0 heterocycles. The highest BCUT2D eigenvalue weighted by Gasteiger charge is 2.03. The third-order valence-electron chi connectivity index (χ3n) is 3.43. The molecule has 0 atom stereocenters. The highest BCUT2D eigenvalue weighted by molar-refractivity contribution is 7.99. The lowest BCUT2D eigenvalue weighted by atomic mass is 10.1. The monoisotopic (exact) mass is 329 g/mol. The van der Waals surface area contributed by atoms with Gasteiger partial charge in [0.05, 0.1) is 12.9 Å². The summed E-state index contributed by atoms with van der Waals surface area (Å²) in [7, 11) is 1.64. The van der Waals surface area contributed by atoms with Gasteiger partial charge in [-0.2, -0.15) is 0 Å². The van der Waals surface area contributed by atoms with Crippen molar-refractivity contribution in [3.05, 3.63) is 64.7 Å². The van der Waals surface area contributed by atoms with E-state index in [9.17, 15) is 4.79 Å². The molecular formula is C19H23NO2S. The number of hydrogen-bond acceptors (Lipinski definition) is 3. The van der Waals surface area contributed by atoms with Crippen LogP contribution in [0.5, 0.6) is 5.75 Å². The number of methoxy groups -OCH3 is 1.